The van der Waals surface area contributed by atoms with Gasteiger partial charge in [0.25, 0.3) is 0 Å². The summed E-state index contributed by atoms with van der Waals surface area (Å²) in [5, 5.41) is 7.06. The van der Waals surface area contributed by atoms with Crippen LogP contribution in [0.15, 0.2) is 59.3 Å². The first-order chi connectivity index (χ1) is 12.5. The molecule has 1 aromatic heterocycles. The topological polar surface area (TPSA) is 56.2 Å². The maximum atomic E-state index is 13.0. The van der Waals surface area contributed by atoms with E-state index in [1.54, 1.807) is 6.20 Å². The van der Waals surface area contributed by atoms with Gasteiger partial charge in [-0.3, -0.25) is 4.79 Å². The minimum atomic E-state index is -0.433. The van der Waals surface area contributed by atoms with Crippen molar-refractivity contribution in [3.63, 3.8) is 0 Å². The van der Waals surface area contributed by atoms with Crippen LogP contribution >= 0.6 is 27.5 Å². The lowest BCUT2D eigenvalue weighted by Crippen LogP contribution is -2.14. The van der Waals surface area contributed by atoms with E-state index in [1.165, 1.54) is 29.1 Å². The molecule has 0 aliphatic heterocycles. The summed E-state index contributed by atoms with van der Waals surface area (Å²) >= 11 is 9.26. The number of nitrogens with zero attached hydrogens (tertiary/aromatic N) is 2. The molecule has 26 heavy (non-hydrogen) atoms. The van der Waals surface area contributed by atoms with Gasteiger partial charge in [0, 0.05) is 4.47 Å². The van der Waals surface area contributed by atoms with Gasteiger partial charge in [-0.1, -0.05) is 39.7 Å². The molecule has 0 bridgehead atoms. The molecule has 0 unspecified atom stereocenters. The number of rotatable bonds is 6. The lowest BCUT2D eigenvalue weighted by atomic mass is 10.1. The van der Waals surface area contributed by atoms with E-state index in [9.17, 15) is 9.18 Å². The second kappa shape index (κ2) is 8.33. The van der Waals surface area contributed by atoms with Gasteiger partial charge in [0.1, 0.15) is 11.6 Å². The van der Waals surface area contributed by atoms with Crippen LogP contribution in [0, 0.1) is 5.82 Å². The van der Waals surface area contributed by atoms with Gasteiger partial charge in [0.05, 0.1) is 29.5 Å². The van der Waals surface area contributed by atoms with E-state index in [4.69, 9.17) is 16.3 Å². The van der Waals surface area contributed by atoms with Crippen LogP contribution in [0.2, 0.25) is 5.02 Å². The molecule has 0 spiro atoms. The molecule has 134 valence electrons. The molecule has 0 saturated carbocycles. The van der Waals surface area contributed by atoms with Gasteiger partial charge in [0.15, 0.2) is 6.73 Å². The van der Waals surface area contributed by atoms with Crippen LogP contribution in [-0.4, -0.2) is 15.7 Å². The molecule has 1 N–H and O–H groups in total. The summed E-state index contributed by atoms with van der Waals surface area (Å²) in [6.07, 6.45) is 3.42. The first kappa shape index (κ1) is 18.4. The number of carbonyl (C=O) groups excluding carboxylic acids is 1. The van der Waals surface area contributed by atoms with Crippen LogP contribution in [0.5, 0.6) is 5.75 Å². The highest BCUT2D eigenvalue weighted by Gasteiger charge is 2.07. The maximum absolute atomic E-state index is 13.0. The van der Waals surface area contributed by atoms with Crippen molar-refractivity contribution in [3.05, 3.63) is 75.7 Å². The van der Waals surface area contributed by atoms with E-state index in [-0.39, 0.29) is 24.1 Å². The molecule has 2 aromatic carbocycles. The van der Waals surface area contributed by atoms with Crippen LogP contribution in [0.25, 0.3) is 0 Å². The summed E-state index contributed by atoms with van der Waals surface area (Å²) in [6, 6.07) is 11.4. The molecule has 1 amide bonds. The lowest BCUT2D eigenvalue weighted by Gasteiger charge is -2.07. The SMILES string of the molecule is O=C(Cc1ccc(Br)cc1)Nc1cnn(COc2ccc(F)cc2Cl)c1. The molecule has 3 rings (SSSR count). The van der Waals surface area contributed by atoms with E-state index < -0.39 is 5.82 Å². The average molecular weight is 439 g/mol. The monoisotopic (exact) mass is 437 g/mol. The number of nitrogens with one attached hydrogen (secondary N) is 1. The van der Waals surface area contributed by atoms with E-state index in [0.29, 0.717) is 11.4 Å². The summed E-state index contributed by atoms with van der Waals surface area (Å²) in [5.74, 6) is -0.226. The highest BCUT2D eigenvalue weighted by molar-refractivity contribution is 9.10. The largest absolute Gasteiger partial charge is 0.470 e. The molecule has 8 heteroatoms. The second-order valence-corrected chi connectivity index (χ2v) is 6.79. The summed E-state index contributed by atoms with van der Waals surface area (Å²) in [4.78, 5) is 12.1. The first-order valence-electron chi connectivity index (χ1n) is 7.64. The Morgan fingerprint density at radius 3 is 2.77 bits per heavy atom. The fourth-order valence-electron chi connectivity index (χ4n) is 2.22. The van der Waals surface area contributed by atoms with Gasteiger partial charge in [-0.05, 0) is 35.9 Å². The predicted molar refractivity (Wildman–Crippen MR) is 101 cm³/mol. The van der Waals surface area contributed by atoms with Crippen molar-refractivity contribution < 1.29 is 13.9 Å². The Bertz CT molecular complexity index is 915. The van der Waals surface area contributed by atoms with Gasteiger partial charge in [-0.2, -0.15) is 5.10 Å². The standard InChI is InChI=1S/C18H14BrClFN3O2/c19-13-3-1-12(2-4-13)7-18(25)23-15-9-22-24(10-15)11-26-17-6-5-14(21)8-16(17)20/h1-6,8-10H,7,11H2,(H,23,25). The van der Waals surface area contributed by atoms with E-state index in [1.807, 2.05) is 24.3 Å². The summed E-state index contributed by atoms with van der Waals surface area (Å²) in [6.45, 7) is 0.0773. The van der Waals surface area contributed by atoms with Crippen LogP contribution in [-0.2, 0) is 17.9 Å². The highest BCUT2D eigenvalue weighted by Crippen LogP contribution is 2.25. The zero-order valence-corrected chi connectivity index (χ0v) is 15.8. The smallest absolute Gasteiger partial charge is 0.228 e. The number of carbonyl (C=O) groups is 1. The van der Waals surface area contributed by atoms with Crippen molar-refractivity contribution in [3.8, 4) is 5.75 Å². The number of aromatic nitrogens is 2. The fourth-order valence-corrected chi connectivity index (χ4v) is 2.71. The fraction of sp³-hybridized carbons (Fsp3) is 0.111. The summed E-state index contributed by atoms with van der Waals surface area (Å²) in [7, 11) is 0. The van der Waals surface area contributed by atoms with E-state index in [2.05, 4.69) is 26.3 Å². The zero-order chi connectivity index (χ0) is 18.5. The quantitative estimate of drug-likeness (QED) is 0.609. The maximum Gasteiger partial charge on any atom is 0.228 e. The normalized spacial score (nSPS) is 10.6. The number of ether oxygens (including phenoxy) is 1. The van der Waals surface area contributed by atoms with Gasteiger partial charge >= 0.3 is 0 Å². The molecule has 0 atom stereocenters. The minimum absolute atomic E-state index is 0.0773. The third-order valence-electron chi connectivity index (χ3n) is 3.44. The van der Waals surface area contributed by atoms with E-state index in [0.717, 1.165) is 10.0 Å². The highest BCUT2D eigenvalue weighted by atomic mass is 79.9. The number of anilines is 1. The zero-order valence-electron chi connectivity index (χ0n) is 13.5. The molecule has 3 aromatic rings. The third kappa shape index (κ3) is 5.06. The predicted octanol–water partition coefficient (Wildman–Crippen LogP) is 4.66. The summed E-state index contributed by atoms with van der Waals surface area (Å²) < 4.78 is 21.0. The number of amides is 1. The molecule has 0 aliphatic carbocycles. The van der Waals surface area contributed by atoms with Crippen LogP contribution in [0.4, 0.5) is 10.1 Å². The molecule has 5 nitrogen and oxygen atoms in total. The van der Waals surface area contributed by atoms with Gasteiger partial charge < -0.3 is 10.1 Å². The Kier molecular flexibility index (Phi) is 5.90. The van der Waals surface area contributed by atoms with Gasteiger partial charge in [0.2, 0.25) is 5.91 Å². The molecular weight excluding hydrogens is 425 g/mol. The molecule has 0 saturated heterocycles. The Morgan fingerprint density at radius 2 is 2.04 bits per heavy atom. The number of halogens is 3. The van der Waals surface area contributed by atoms with Crippen molar-refractivity contribution in [2.75, 3.05) is 5.32 Å². The molecule has 0 radical (unpaired) electrons. The Hall–Kier alpha value is -2.38. The van der Waals surface area contributed by atoms with Crippen molar-refractivity contribution in [1.82, 2.24) is 9.78 Å². The number of hydrogen-bond acceptors (Lipinski definition) is 3. The van der Waals surface area contributed by atoms with Crippen molar-refractivity contribution in [2.45, 2.75) is 13.2 Å². The van der Waals surface area contributed by atoms with Crippen molar-refractivity contribution in [2.24, 2.45) is 0 Å². The third-order valence-corrected chi connectivity index (χ3v) is 4.27. The molecule has 0 aliphatic rings. The summed E-state index contributed by atoms with van der Waals surface area (Å²) in [5.41, 5.74) is 1.47. The van der Waals surface area contributed by atoms with E-state index >= 15 is 0 Å². The number of hydrogen-bond donors (Lipinski definition) is 1. The lowest BCUT2D eigenvalue weighted by molar-refractivity contribution is -0.115. The van der Waals surface area contributed by atoms with Crippen LogP contribution in [0.1, 0.15) is 5.56 Å². The van der Waals surface area contributed by atoms with Crippen LogP contribution in [0.3, 0.4) is 0 Å². The van der Waals surface area contributed by atoms with Gasteiger partial charge in [-0.25, -0.2) is 9.07 Å². The van der Waals surface area contributed by atoms with Crippen molar-refractivity contribution in [1.29, 1.82) is 0 Å². The Balaban J connectivity index is 1.54. The molecule has 0 fully saturated rings. The van der Waals surface area contributed by atoms with Crippen LogP contribution < -0.4 is 10.1 Å². The van der Waals surface area contributed by atoms with Crippen molar-refractivity contribution >= 4 is 39.1 Å². The Morgan fingerprint density at radius 1 is 1.27 bits per heavy atom. The minimum Gasteiger partial charge on any atom is -0.470 e. The molecular formula is C18H14BrClFN3O2. The molecule has 1 heterocycles. The average Bonchev–Trinajstić information content (AvgIpc) is 3.03. The number of benzene rings is 2. The Labute approximate surface area is 162 Å². The van der Waals surface area contributed by atoms with Gasteiger partial charge in [-0.15, -0.1) is 0 Å². The first-order valence-corrected chi connectivity index (χ1v) is 8.81. The second-order valence-electron chi connectivity index (χ2n) is 5.47.